The van der Waals surface area contributed by atoms with Crippen LogP contribution in [0.1, 0.15) is 41.6 Å². The Hall–Kier alpha value is -3.93. The van der Waals surface area contributed by atoms with E-state index >= 15 is 0 Å². The fraction of sp³-hybridized carbons (Fsp3) is 0.406. The van der Waals surface area contributed by atoms with Crippen LogP contribution in [0.4, 0.5) is 0 Å². The van der Waals surface area contributed by atoms with Crippen molar-refractivity contribution in [2.75, 3.05) is 33.7 Å². The molecule has 1 aliphatic rings. The molecule has 0 saturated carbocycles. The minimum Gasteiger partial charge on any atom is -0.488 e. The van der Waals surface area contributed by atoms with Crippen LogP contribution in [0.15, 0.2) is 70.1 Å². The highest BCUT2D eigenvalue weighted by molar-refractivity contribution is 5.84. The first-order chi connectivity index (χ1) is 19.5. The molecule has 4 aromatic rings. The van der Waals surface area contributed by atoms with E-state index in [-0.39, 0.29) is 5.56 Å². The van der Waals surface area contributed by atoms with Crippen molar-refractivity contribution in [3.05, 3.63) is 93.5 Å². The highest BCUT2D eigenvalue weighted by Gasteiger charge is 2.21. The number of aryl methyl sites for hydroxylation is 2. The number of nitrogens with one attached hydrogen (secondary N) is 1. The highest BCUT2D eigenvalue weighted by Crippen LogP contribution is 2.31. The van der Waals surface area contributed by atoms with Gasteiger partial charge in [0.15, 0.2) is 5.58 Å². The summed E-state index contributed by atoms with van der Waals surface area (Å²) in [6, 6.07) is 18.9. The monoisotopic (exact) mass is 541 g/mol. The van der Waals surface area contributed by atoms with Gasteiger partial charge in [0.05, 0.1) is 17.3 Å². The summed E-state index contributed by atoms with van der Waals surface area (Å²) in [5.74, 6) is 1.46. The fourth-order valence-electron chi connectivity index (χ4n) is 5.08. The molecule has 2 aromatic carbocycles. The Morgan fingerprint density at radius 2 is 1.82 bits per heavy atom. The van der Waals surface area contributed by atoms with E-state index in [0.29, 0.717) is 18.1 Å². The maximum absolute atomic E-state index is 11.9. The van der Waals surface area contributed by atoms with Gasteiger partial charge >= 0.3 is 0 Å². The summed E-state index contributed by atoms with van der Waals surface area (Å²) in [6.07, 6.45) is 6.22. The zero-order valence-corrected chi connectivity index (χ0v) is 23.7. The van der Waals surface area contributed by atoms with Crippen molar-refractivity contribution in [1.29, 1.82) is 5.26 Å². The van der Waals surface area contributed by atoms with Crippen molar-refractivity contribution in [1.82, 2.24) is 19.9 Å². The molecule has 2 aromatic heterocycles. The Bertz CT molecular complexity index is 1460. The second kappa shape index (κ2) is 14.5. The van der Waals surface area contributed by atoms with Crippen molar-refractivity contribution in [2.45, 2.75) is 45.8 Å². The van der Waals surface area contributed by atoms with Crippen molar-refractivity contribution in [3.63, 3.8) is 0 Å². The van der Waals surface area contributed by atoms with Crippen LogP contribution in [0.25, 0.3) is 11.0 Å². The third-order valence-corrected chi connectivity index (χ3v) is 7.44. The molecule has 8 heteroatoms. The number of hydrogen-bond donors (Lipinski definition) is 1. The molecule has 0 amide bonds. The smallest absolute Gasteiger partial charge is 0.250 e. The number of rotatable bonds is 9. The third-order valence-electron chi connectivity index (χ3n) is 7.44. The number of fused-ring (bicyclic) bond motifs is 1. The molecular formula is C32H39N5O3. The molecule has 0 aliphatic carbocycles. The molecule has 1 N–H and O–H groups in total. The molecule has 0 unspecified atom stereocenters. The standard InChI is InChI=1S/C30H32N4O3.C2H7N/c1-22-28(36-21-25-7-5-24(20-31)6-8-25)12-10-26-27(32-37-30(22)26)11-9-23-13-16-33(17-14-23)18-19-34-15-3-2-4-29(34)35;1-3-2/h2-8,10,12,15,23H,9,11,13-14,16-19,21H2,1H3;3H,1-2H3. The Kier molecular flexibility index (Phi) is 10.5. The summed E-state index contributed by atoms with van der Waals surface area (Å²) < 4.78 is 13.6. The maximum Gasteiger partial charge on any atom is 0.250 e. The minimum atomic E-state index is 0.0671. The molecule has 1 fully saturated rings. The van der Waals surface area contributed by atoms with Gasteiger partial charge in [0, 0.05) is 36.3 Å². The second-order valence-corrected chi connectivity index (χ2v) is 10.3. The van der Waals surface area contributed by atoms with Crippen LogP contribution in [0.2, 0.25) is 0 Å². The normalized spacial score (nSPS) is 13.9. The molecule has 0 spiro atoms. The summed E-state index contributed by atoms with van der Waals surface area (Å²) in [7, 11) is 3.75. The zero-order valence-electron chi connectivity index (χ0n) is 23.7. The summed E-state index contributed by atoms with van der Waals surface area (Å²) in [4.78, 5) is 14.4. The number of ether oxygens (including phenoxy) is 1. The van der Waals surface area contributed by atoms with Crippen LogP contribution in [0.5, 0.6) is 5.75 Å². The van der Waals surface area contributed by atoms with Crippen LogP contribution in [-0.4, -0.2) is 48.4 Å². The lowest BCUT2D eigenvalue weighted by molar-refractivity contribution is 0.173. The van der Waals surface area contributed by atoms with E-state index in [1.54, 1.807) is 28.8 Å². The Balaban J connectivity index is 0.00000118. The molecular weight excluding hydrogens is 502 g/mol. The van der Waals surface area contributed by atoms with E-state index in [4.69, 9.17) is 14.5 Å². The highest BCUT2D eigenvalue weighted by atomic mass is 16.5. The largest absolute Gasteiger partial charge is 0.488 e. The lowest BCUT2D eigenvalue weighted by atomic mass is 9.91. The quantitative estimate of drug-likeness (QED) is 0.321. The van der Waals surface area contributed by atoms with Gasteiger partial charge in [-0.25, -0.2) is 0 Å². The van der Waals surface area contributed by atoms with Gasteiger partial charge in [-0.2, -0.15) is 5.26 Å². The first-order valence-electron chi connectivity index (χ1n) is 14.0. The molecule has 40 heavy (non-hydrogen) atoms. The molecule has 8 nitrogen and oxygen atoms in total. The third kappa shape index (κ3) is 7.59. The Labute approximate surface area is 236 Å². The van der Waals surface area contributed by atoms with E-state index < -0.39 is 0 Å². The van der Waals surface area contributed by atoms with Crippen LogP contribution >= 0.6 is 0 Å². The van der Waals surface area contributed by atoms with Gasteiger partial charge in [0.25, 0.3) is 5.56 Å². The van der Waals surface area contributed by atoms with Crippen LogP contribution < -0.4 is 15.6 Å². The minimum absolute atomic E-state index is 0.0671. The maximum atomic E-state index is 11.9. The molecule has 0 radical (unpaired) electrons. The van der Waals surface area contributed by atoms with Gasteiger partial charge < -0.3 is 24.0 Å². The average Bonchev–Trinajstić information content (AvgIpc) is 3.40. The lowest BCUT2D eigenvalue weighted by Crippen LogP contribution is -2.37. The number of piperidine rings is 1. The van der Waals surface area contributed by atoms with Crippen LogP contribution in [0.3, 0.4) is 0 Å². The van der Waals surface area contributed by atoms with Gasteiger partial charge in [0.2, 0.25) is 0 Å². The average molecular weight is 542 g/mol. The molecule has 1 saturated heterocycles. The first kappa shape index (κ1) is 29.1. The molecule has 0 atom stereocenters. The van der Waals surface area contributed by atoms with E-state index in [1.807, 2.05) is 51.5 Å². The summed E-state index contributed by atoms with van der Waals surface area (Å²) in [6.45, 7) is 6.24. The van der Waals surface area contributed by atoms with Gasteiger partial charge in [-0.05, 0) is 102 Å². The van der Waals surface area contributed by atoms with Gasteiger partial charge in [-0.1, -0.05) is 23.4 Å². The number of pyridine rings is 1. The van der Waals surface area contributed by atoms with E-state index in [9.17, 15) is 4.79 Å². The van der Waals surface area contributed by atoms with Gasteiger partial charge in [-0.3, -0.25) is 4.79 Å². The Morgan fingerprint density at radius 3 is 2.52 bits per heavy atom. The summed E-state index contributed by atoms with van der Waals surface area (Å²) >= 11 is 0. The second-order valence-electron chi connectivity index (χ2n) is 10.3. The topological polar surface area (TPSA) is 96.3 Å². The fourth-order valence-corrected chi connectivity index (χ4v) is 5.08. The number of likely N-dealkylation sites (tertiary alicyclic amines) is 1. The summed E-state index contributed by atoms with van der Waals surface area (Å²) in [5, 5.41) is 17.2. The van der Waals surface area contributed by atoms with Gasteiger partial charge in [0.1, 0.15) is 12.4 Å². The van der Waals surface area contributed by atoms with Crippen LogP contribution in [0, 0.1) is 24.2 Å². The number of nitriles is 1. The summed E-state index contributed by atoms with van der Waals surface area (Å²) in [5.41, 5.74) is 4.48. The predicted octanol–water partition coefficient (Wildman–Crippen LogP) is 4.93. The van der Waals surface area contributed by atoms with Crippen LogP contribution in [-0.2, 0) is 19.6 Å². The zero-order chi connectivity index (χ0) is 28.3. The molecule has 210 valence electrons. The molecule has 5 rings (SSSR count). The van der Waals surface area contributed by atoms with Crippen molar-refractivity contribution >= 4 is 11.0 Å². The van der Waals surface area contributed by atoms with E-state index in [0.717, 1.165) is 72.6 Å². The molecule has 0 bridgehead atoms. The van der Waals surface area contributed by atoms with E-state index in [1.165, 1.54) is 12.8 Å². The van der Waals surface area contributed by atoms with E-state index in [2.05, 4.69) is 27.5 Å². The molecule has 3 heterocycles. The SMILES string of the molecule is CNC.Cc1c(OCc2ccc(C#N)cc2)ccc2c(CCC3CCN(CCn4ccccc4=O)CC3)noc12. The van der Waals surface area contributed by atoms with Crippen molar-refractivity contribution in [3.8, 4) is 11.8 Å². The Morgan fingerprint density at radius 1 is 1.07 bits per heavy atom. The van der Waals surface area contributed by atoms with Crippen molar-refractivity contribution < 1.29 is 9.26 Å². The number of benzene rings is 2. The molecule has 1 aliphatic heterocycles. The van der Waals surface area contributed by atoms with Crippen molar-refractivity contribution in [2.24, 2.45) is 5.92 Å². The number of hydrogen-bond acceptors (Lipinski definition) is 7. The van der Waals surface area contributed by atoms with Gasteiger partial charge in [-0.15, -0.1) is 0 Å². The first-order valence-corrected chi connectivity index (χ1v) is 14.0. The predicted molar refractivity (Wildman–Crippen MR) is 157 cm³/mol. The number of nitrogens with zero attached hydrogens (tertiary/aromatic N) is 4. The lowest BCUT2D eigenvalue weighted by Gasteiger charge is -2.32. The number of aromatic nitrogens is 2.